The van der Waals surface area contributed by atoms with Crippen molar-refractivity contribution in [2.75, 3.05) is 33.9 Å². The van der Waals surface area contributed by atoms with Crippen LogP contribution in [0.15, 0.2) is 48.5 Å². The zero-order valence-corrected chi connectivity index (χ0v) is 16.8. The van der Waals surface area contributed by atoms with E-state index in [1.807, 2.05) is 30.3 Å². The third-order valence-electron chi connectivity index (χ3n) is 5.39. The molecular formula is C23H30N2O3. The largest absolute Gasteiger partial charge is 0.497 e. The number of methoxy groups -OCH3 is 2. The molecule has 5 nitrogen and oxygen atoms in total. The Hall–Kier alpha value is -2.53. The lowest BCUT2D eigenvalue weighted by atomic mass is 10.0. The fourth-order valence-corrected chi connectivity index (χ4v) is 3.81. The topological polar surface area (TPSA) is 50.8 Å². The summed E-state index contributed by atoms with van der Waals surface area (Å²) in [6.07, 6.45) is 4.96. The number of hydrogen-bond donors (Lipinski definition) is 1. The molecule has 2 aromatic rings. The van der Waals surface area contributed by atoms with E-state index in [1.165, 1.54) is 31.2 Å². The fraction of sp³-hybridized carbons (Fsp3) is 0.435. The SMILES string of the molecule is COc1ccc(C(CNC(=O)c2ccccc2OC)N2CCCCCC2)cc1. The number of nitrogens with zero attached hydrogens (tertiary/aromatic N) is 1. The molecule has 1 N–H and O–H groups in total. The third-order valence-corrected chi connectivity index (χ3v) is 5.39. The lowest BCUT2D eigenvalue weighted by Crippen LogP contribution is -2.38. The minimum atomic E-state index is -0.106. The molecule has 1 amide bonds. The predicted molar refractivity (Wildman–Crippen MR) is 111 cm³/mol. The molecule has 0 aromatic heterocycles. The summed E-state index contributed by atoms with van der Waals surface area (Å²) in [6.45, 7) is 2.67. The van der Waals surface area contributed by atoms with Crippen LogP contribution in [0.1, 0.15) is 47.6 Å². The second-order valence-corrected chi connectivity index (χ2v) is 7.15. The van der Waals surface area contributed by atoms with Crippen molar-refractivity contribution in [1.29, 1.82) is 0 Å². The molecule has 2 aromatic carbocycles. The summed E-state index contributed by atoms with van der Waals surface area (Å²) in [5.74, 6) is 1.33. The van der Waals surface area contributed by atoms with Crippen LogP contribution in [0.2, 0.25) is 0 Å². The standard InChI is InChI=1S/C23H30N2O3/c1-27-19-13-11-18(12-14-19)21(25-15-7-3-4-8-16-25)17-24-23(26)20-9-5-6-10-22(20)28-2/h5-6,9-14,21H,3-4,7-8,15-17H2,1-2H3,(H,24,26). The Morgan fingerprint density at radius 3 is 2.29 bits per heavy atom. The molecule has 1 fully saturated rings. The molecule has 0 aliphatic carbocycles. The summed E-state index contributed by atoms with van der Waals surface area (Å²) in [6, 6.07) is 15.6. The first-order chi connectivity index (χ1) is 13.7. The monoisotopic (exact) mass is 382 g/mol. The van der Waals surface area contributed by atoms with Crippen molar-refractivity contribution in [2.45, 2.75) is 31.7 Å². The Labute approximate surface area is 167 Å². The molecule has 0 bridgehead atoms. The highest BCUT2D eigenvalue weighted by molar-refractivity contribution is 5.96. The van der Waals surface area contributed by atoms with Gasteiger partial charge in [-0.15, -0.1) is 0 Å². The average molecular weight is 383 g/mol. The van der Waals surface area contributed by atoms with Crippen LogP contribution in [-0.4, -0.2) is 44.7 Å². The highest BCUT2D eigenvalue weighted by atomic mass is 16.5. The highest BCUT2D eigenvalue weighted by Crippen LogP contribution is 2.26. The van der Waals surface area contributed by atoms with E-state index in [9.17, 15) is 4.79 Å². The van der Waals surface area contributed by atoms with Gasteiger partial charge in [0.15, 0.2) is 0 Å². The number of amides is 1. The number of benzene rings is 2. The van der Waals surface area contributed by atoms with E-state index < -0.39 is 0 Å². The van der Waals surface area contributed by atoms with Gasteiger partial charge < -0.3 is 14.8 Å². The number of ether oxygens (including phenoxy) is 2. The molecular weight excluding hydrogens is 352 g/mol. The molecule has 28 heavy (non-hydrogen) atoms. The van der Waals surface area contributed by atoms with Gasteiger partial charge in [-0.1, -0.05) is 37.1 Å². The van der Waals surface area contributed by atoms with Crippen LogP contribution in [0.5, 0.6) is 11.5 Å². The molecule has 3 rings (SSSR count). The van der Waals surface area contributed by atoms with Crippen molar-refractivity contribution in [3.05, 3.63) is 59.7 Å². The number of hydrogen-bond acceptors (Lipinski definition) is 4. The number of rotatable bonds is 7. The first-order valence-corrected chi connectivity index (χ1v) is 10.0. The van der Waals surface area contributed by atoms with Gasteiger partial charge in [0.2, 0.25) is 0 Å². The van der Waals surface area contributed by atoms with E-state index in [-0.39, 0.29) is 11.9 Å². The molecule has 0 saturated carbocycles. The molecule has 1 aliphatic heterocycles. The first kappa shape index (κ1) is 20.2. The lowest BCUT2D eigenvalue weighted by molar-refractivity contribution is 0.0930. The zero-order valence-electron chi connectivity index (χ0n) is 16.8. The Kier molecular flexibility index (Phi) is 7.31. The maximum atomic E-state index is 12.8. The van der Waals surface area contributed by atoms with Crippen molar-refractivity contribution in [3.8, 4) is 11.5 Å². The number of para-hydroxylation sites is 1. The van der Waals surface area contributed by atoms with E-state index >= 15 is 0 Å². The molecule has 1 unspecified atom stereocenters. The number of nitrogens with one attached hydrogen (secondary N) is 1. The van der Waals surface area contributed by atoms with Gasteiger partial charge in [0.05, 0.1) is 25.8 Å². The van der Waals surface area contributed by atoms with E-state index in [1.54, 1.807) is 20.3 Å². The molecule has 1 saturated heterocycles. The van der Waals surface area contributed by atoms with Crippen LogP contribution < -0.4 is 14.8 Å². The van der Waals surface area contributed by atoms with Gasteiger partial charge in [-0.3, -0.25) is 9.69 Å². The van der Waals surface area contributed by atoms with E-state index in [0.29, 0.717) is 17.9 Å². The lowest BCUT2D eigenvalue weighted by Gasteiger charge is -2.31. The van der Waals surface area contributed by atoms with Crippen LogP contribution in [0, 0.1) is 0 Å². The fourth-order valence-electron chi connectivity index (χ4n) is 3.81. The van der Waals surface area contributed by atoms with Crippen LogP contribution in [0.4, 0.5) is 0 Å². The number of carbonyl (C=O) groups excluding carboxylic acids is 1. The zero-order chi connectivity index (χ0) is 19.8. The summed E-state index contributed by atoms with van der Waals surface area (Å²) >= 11 is 0. The normalized spacial score (nSPS) is 16.1. The summed E-state index contributed by atoms with van der Waals surface area (Å²) in [4.78, 5) is 15.3. The average Bonchev–Trinajstić information content (AvgIpc) is 3.03. The van der Waals surface area contributed by atoms with Gasteiger partial charge in [-0.25, -0.2) is 0 Å². The molecule has 0 radical (unpaired) electrons. The van der Waals surface area contributed by atoms with Crippen molar-refractivity contribution in [2.24, 2.45) is 0 Å². The Balaban J connectivity index is 1.77. The minimum Gasteiger partial charge on any atom is -0.497 e. The van der Waals surface area contributed by atoms with Gasteiger partial charge >= 0.3 is 0 Å². The Morgan fingerprint density at radius 1 is 0.964 bits per heavy atom. The summed E-state index contributed by atoms with van der Waals surface area (Å²) in [5, 5.41) is 3.13. The van der Waals surface area contributed by atoms with Crippen LogP contribution in [0.3, 0.4) is 0 Å². The third kappa shape index (κ3) is 5.04. The Morgan fingerprint density at radius 2 is 1.64 bits per heavy atom. The smallest absolute Gasteiger partial charge is 0.255 e. The van der Waals surface area contributed by atoms with E-state index in [4.69, 9.17) is 9.47 Å². The highest BCUT2D eigenvalue weighted by Gasteiger charge is 2.23. The second-order valence-electron chi connectivity index (χ2n) is 7.15. The number of likely N-dealkylation sites (tertiary alicyclic amines) is 1. The summed E-state index contributed by atoms with van der Waals surface area (Å²) in [5.41, 5.74) is 1.76. The van der Waals surface area contributed by atoms with Gasteiger partial charge in [0.1, 0.15) is 11.5 Å². The summed E-state index contributed by atoms with van der Waals surface area (Å²) < 4.78 is 10.6. The quantitative estimate of drug-likeness (QED) is 0.785. The molecule has 1 aliphatic rings. The molecule has 0 spiro atoms. The predicted octanol–water partition coefficient (Wildman–Crippen LogP) is 4.05. The first-order valence-electron chi connectivity index (χ1n) is 10.0. The maximum Gasteiger partial charge on any atom is 0.255 e. The maximum absolute atomic E-state index is 12.8. The van der Waals surface area contributed by atoms with Crippen LogP contribution in [-0.2, 0) is 0 Å². The van der Waals surface area contributed by atoms with Crippen molar-refractivity contribution in [3.63, 3.8) is 0 Å². The van der Waals surface area contributed by atoms with Gasteiger partial charge in [0.25, 0.3) is 5.91 Å². The van der Waals surface area contributed by atoms with Gasteiger partial charge in [-0.05, 0) is 55.8 Å². The van der Waals surface area contributed by atoms with Gasteiger partial charge in [0, 0.05) is 6.54 Å². The summed E-state index contributed by atoms with van der Waals surface area (Å²) in [7, 11) is 3.26. The molecule has 1 atom stereocenters. The van der Waals surface area contributed by atoms with Crippen LogP contribution >= 0.6 is 0 Å². The second kappa shape index (κ2) is 10.1. The molecule has 1 heterocycles. The van der Waals surface area contributed by atoms with Crippen LogP contribution in [0.25, 0.3) is 0 Å². The van der Waals surface area contributed by atoms with Gasteiger partial charge in [-0.2, -0.15) is 0 Å². The molecule has 5 heteroatoms. The van der Waals surface area contributed by atoms with Crippen molar-refractivity contribution >= 4 is 5.91 Å². The number of carbonyl (C=O) groups is 1. The minimum absolute atomic E-state index is 0.106. The Bertz CT molecular complexity index is 753. The van der Waals surface area contributed by atoms with E-state index in [2.05, 4.69) is 22.3 Å². The van der Waals surface area contributed by atoms with Crippen molar-refractivity contribution < 1.29 is 14.3 Å². The molecule has 150 valence electrons. The van der Waals surface area contributed by atoms with Crippen molar-refractivity contribution in [1.82, 2.24) is 10.2 Å². The van der Waals surface area contributed by atoms with E-state index in [0.717, 1.165) is 18.8 Å².